The first-order valence-corrected chi connectivity index (χ1v) is 10.2. The molecule has 0 N–H and O–H groups in total. The van der Waals surface area contributed by atoms with Crippen molar-refractivity contribution in [3.63, 3.8) is 0 Å². The van der Waals surface area contributed by atoms with Gasteiger partial charge in [0.2, 0.25) is 0 Å². The van der Waals surface area contributed by atoms with Crippen molar-refractivity contribution < 1.29 is 14.3 Å². The summed E-state index contributed by atoms with van der Waals surface area (Å²) in [7, 11) is 0. The minimum atomic E-state index is -0.535. The second-order valence-electron chi connectivity index (χ2n) is 6.39. The molecule has 1 aliphatic heterocycles. The number of amides is 1. The number of rotatable bonds is 5. The molecule has 3 aromatic rings. The van der Waals surface area contributed by atoms with Crippen molar-refractivity contribution >= 4 is 49.2 Å². The first kappa shape index (κ1) is 18.9. The predicted octanol–water partition coefficient (Wildman–Crippen LogP) is 5.52. The van der Waals surface area contributed by atoms with E-state index in [0.717, 1.165) is 15.6 Å². The summed E-state index contributed by atoms with van der Waals surface area (Å²) in [5.41, 5.74) is 2.88. The van der Waals surface area contributed by atoms with Gasteiger partial charge >= 0.3 is 0 Å². The third-order valence-electron chi connectivity index (χ3n) is 4.52. The largest absolute Gasteiger partial charge is 0.489 e. The molecule has 1 amide bonds. The number of benzene rings is 3. The van der Waals surface area contributed by atoms with Gasteiger partial charge in [-0.25, -0.2) is 0 Å². The van der Waals surface area contributed by atoms with Gasteiger partial charge in [0, 0.05) is 14.5 Å². The molecule has 4 rings (SSSR count). The van der Waals surface area contributed by atoms with Gasteiger partial charge in [0.25, 0.3) is 11.7 Å². The van der Waals surface area contributed by atoms with E-state index in [1.807, 2.05) is 60.7 Å². The van der Waals surface area contributed by atoms with Crippen LogP contribution in [0, 0.1) is 0 Å². The predicted molar refractivity (Wildman–Crippen MR) is 115 cm³/mol. The van der Waals surface area contributed by atoms with Crippen LogP contribution in [0.25, 0.3) is 0 Å². The zero-order chi connectivity index (χ0) is 19.7. The molecule has 3 aromatic carbocycles. The van der Waals surface area contributed by atoms with Crippen LogP contribution in [-0.2, 0) is 17.9 Å². The molecule has 0 saturated carbocycles. The molecule has 0 atom stereocenters. The average Bonchev–Trinajstić information content (AvgIpc) is 2.93. The Kier molecular flexibility index (Phi) is 5.33. The highest BCUT2D eigenvalue weighted by Gasteiger charge is 2.38. The highest BCUT2D eigenvalue weighted by atomic mass is 79.9. The topological polar surface area (TPSA) is 46.6 Å². The lowest BCUT2D eigenvalue weighted by atomic mass is 10.1. The highest BCUT2D eigenvalue weighted by molar-refractivity contribution is 9.11. The third-order valence-corrected chi connectivity index (χ3v) is 5.58. The maximum atomic E-state index is 12.6. The fourth-order valence-electron chi connectivity index (χ4n) is 3.18. The molecule has 1 aliphatic rings. The average molecular weight is 501 g/mol. The molecular formula is C22H15Br2NO3. The Hall–Kier alpha value is -2.44. The van der Waals surface area contributed by atoms with Gasteiger partial charge in [-0.2, -0.15) is 0 Å². The maximum Gasteiger partial charge on any atom is 0.299 e. The van der Waals surface area contributed by atoms with Crippen LogP contribution < -0.4 is 9.64 Å². The summed E-state index contributed by atoms with van der Waals surface area (Å²) in [4.78, 5) is 26.6. The van der Waals surface area contributed by atoms with Gasteiger partial charge in [0.1, 0.15) is 12.4 Å². The normalized spacial score (nSPS) is 13.0. The second-order valence-corrected chi connectivity index (χ2v) is 8.16. The van der Waals surface area contributed by atoms with E-state index in [1.165, 1.54) is 4.90 Å². The SMILES string of the molecule is O=C1C(=O)N(Cc2ccccc2OCc2ccccc2)c2c(Br)cc(Br)cc21. The summed E-state index contributed by atoms with van der Waals surface area (Å²) in [6, 6.07) is 21.0. The van der Waals surface area contributed by atoms with Crippen LogP contribution in [-0.4, -0.2) is 11.7 Å². The Labute approximate surface area is 179 Å². The Morgan fingerprint density at radius 3 is 2.39 bits per heavy atom. The Balaban J connectivity index is 1.62. The van der Waals surface area contributed by atoms with E-state index in [0.29, 0.717) is 28.1 Å². The lowest BCUT2D eigenvalue weighted by molar-refractivity contribution is -0.114. The maximum absolute atomic E-state index is 12.6. The summed E-state index contributed by atoms with van der Waals surface area (Å²) in [5, 5.41) is 0. The van der Waals surface area contributed by atoms with E-state index in [2.05, 4.69) is 31.9 Å². The number of carbonyl (C=O) groups excluding carboxylic acids is 2. The molecule has 0 aliphatic carbocycles. The molecule has 28 heavy (non-hydrogen) atoms. The molecule has 140 valence electrons. The Morgan fingerprint density at radius 1 is 0.893 bits per heavy atom. The smallest absolute Gasteiger partial charge is 0.299 e. The number of nitrogens with zero attached hydrogens (tertiary/aromatic N) is 1. The van der Waals surface area contributed by atoms with Gasteiger partial charge in [-0.3, -0.25) is 14.5 Å². The molecule has 0 aromatic heterocycles. The number of halogens is 2. The van der Waals surface area contributed by atoms with E-state index in [4.69, 9.17) is 4.74 Å². The zero-order valence-corrected chi connectivity index (χ0v) is 17.9. The van der Waals surface area contributed by atoms with Crippen molar-refractivity contribution in [1.29, 1.82) is 0 Å². The van der Waals surface area contributed by atoms with Gasteiger partial charge < -0.3 is 4.74 Å². The van der Waals surface area contributed by atoms with Gasteiger partial charge in [0.15, 0.2) is 0 Å². The fourth-order valence-corrected chi connectivity index (χ4v) is 4.62. The molecule has 4 nitrogen and oxygen atoms in total. The summed E-state index contributed by atoms with van der Waals surface area (Å²) in [6.45, 7) is 0.681. The van der Waals surface area contributed by atoms with Gasteiger partial charge in [-0.05, 0) is 39.7 Å². The number of carbonyl (C=O) groups is 2. The lowest BCUT2D eigenvalue weighted by Crippen LogP contribution is -2.29. The van der Waals surface area contributed by atoms with Crippen LogP contribution in [0.15, 0.2) is 75.7 Å². The quantitative estimate of drug-likeness (QED) is 0.433. The molecule has 0 saturated heterocycles. The van der Waals surface area contributed by atoms with Gasteiger partial charge in [-0.1, -0.05) is 64.5 Å². The van der Waals surface area contributed by atoms with Crippen molar-refractivity contribution in [3.05, 3.63) is 92.4 Å². The second kappa shape index (κ2) is 7.89. The minimum Gasteiger partial charge on any atom is -0.489 e. The standard InChI is InChI=1S/C22H15Br2NO3/c23-16-10-17-20(18(24)11-16)25(22(27)21(17)26)12-15-8-4-5-9-19(15)28-13-14-6-2-1-3-7-14/h1-11H,12-13H2. The number of anilines is 1. The van der Waals surface area contributed by atoms with Crippen molar-refractivity contribution in [1.82, 2.24) is 0 Å². The van der Waals surface area contributed by atoms with Crippen LogP contribution in [0.2, 0.25) is 0 Å². The number of ketones is 1. The Morgan fingerprint density at radius 2 is 1.61 bits per heavy atom. The van der Waals surface area contributed by atoms with Crippen LogP contribution in [0.1, 0.15) is 21.5 Å². The number of fused-ring (bicyclic) bond motifs is 1. The summed E-state index contributed by atoms with van der Waals surface area (Å²) in [6.07, 6.45) is 0. The zero-order valence-electron chi connectivity index (χ0n) is 14.7. The number of hydrogen-bond donors (Lipinski definition) is 0. The van der Waals surface area contributed by atoms with Crippen molar-refractivity contribution in [2.24, 2.45) is 0 Å². The molecule has 0 unspecified atom stereocenters. The molecule has 0 fully saturated rings. The van der Waals surface area contributed by atoms with Gasteiger partial charge in [-0.15, -0.1) is 0 Å². The van der Waals surface area contributed by atoms with E-state index in [-0.39, 0.29) is 6.54 Å². The molecule has 0 radical (unpaired) electrons. The van der Waals surface area contributed by atoms with E-state index >= 15 is 0 Å². The molecule has 1 heterocycles. The molecule has 0 spiro atoms. The van der Waals surface area contributed by atoms with Crippen LogP contribution in [0.5, 0.6) is 5.75 Å². The molecular weight excluding hydrogens is 486 g/mol. The molecule has 6 heteroatoms. The number of ether oxygens (including phenoxy) is 1. The monoisotopic (exact) mass is 499 g/mol. The van der Waals surface area contributed by atoms with E-state index in [9.17, 15) is 9.59 Å². The highest BCUT2D eigenvalue weighted by Crippen LogP contribution is 2.40. The van der Waals surface area contributed by atoms with Crippen LogP contribution in [0.3, 0.4) is 0 Å². The van der Waals surface area contributed by atoms with Crippen LogP contribution in [0.4, 0.5) is 5.69 Å². The van der Waals surface area contributed by atoms with Crippen molar-refractivity contribution in [2.75, 3.05) is 4.90 Å². The fraction of sp³-hybridized carbons (Fsp3) is 0.0909. The summed E-state index contributed by atoms with van der Waals surface area (Å²) < 4.78 is 7.43. The van der Waals surface area contributed by atoms with Gasteiger partial charge in [0.05, 0.1) is 17.8 Å². The van der Waals surface area contributed by atoms with Crippen molar-refractivity contribution in [2.45, 2.75) is 13.2 Å². The summed E-state index contributed by atoms with van der Waals surface area (Å²) >= 11 is 6.85. The summed E-state index contributed by atoms with van der Waals surface area (Å²) in [5.74, 6) is -0.348. The number of Topliss-reactive ketones (excluding diaryl/α,β-unsaturated/α-hetero) is 1. The minimum absolute atomic E-state index is 0.253. The number of para-hydroxylation sites is 1. The Bertz CT molecular complexity index is 1070. The van der Waals surface area contributed by atoms with E-state index in [1.54, 1.807) is 6.07 Å². The lowest BCUT2D eigenvalue weighted by Gasteiger charge is -2.20. The first-order chi connectivity index (χ1) is 13.5. The first-order valence-electron chi connectivity index (χ1n) is 8.64. The molecule has 0 bridgehead atoms. The third kappa shape index (κ3) is 3.62. The number of hydrogen-bond acceptors (Lipinski definition) is 3. The van der Waals surface area contributed by atoms with Crippen LogP contribution >= 0.6 is 31.9 Å². The van der Waals surface area contributed by atoms with Crippen molar-refractivity contribution in [3.8, 4) is 5.75 Å². The van der Waals surface area contributed by atoms with E-state index < -0.39 is 11.7 Å².